The molecule has 1 saturated heterocycles. The van der Waals surface area contributed by atoms with E-state index < -0.39 is 6.10 Å². The van der Waals surface area contributed by atoms with Crippen molar-refractivity contribution in [1.29, 1.82) is 0 Å². The number of hydrogen-bond acceptors (Lipinski definition) is 3. The van der Waals surface area contributed by atoms with E-state index in [1.165, 1.54) is 0 Å². The standard InChI is InChI=1S/C17H24N2O2.ClH/c1-12-4-2-3-5-13(12)15(20)11-19-16(21)14-10-17(14)6-8-18-9-7-17;/h2-5,14-15,18,20H,6-11H2,1H3,(H,19,21);1H. The number of piperidine rings is 1. The number of rotatable bonds is 4. The maximum Gasteiger partial charge on any atom is 0.223 e. The minimum absolute atomic E-state index is 0. The van der Waals surface area contributed by atoms with E-state index in [-0.39, 0.29) is 29.6 Å². The number of carbonyl (C=O) groups is 1. The number of carbonyl (C=O) groups excluding carboxylic acids is 1. The van der Waals surface area contributed by atoms with Gasteiger partial charge in [-0.05, 0) is 55.8 Å². The lowest BCUT2D eigenvalue weighted by Gasteiger charge is -2.23. The van der Waals surface area contributed by atoms with Gasteiger partial charge >= 0.3 is 0 Å². The molecule has 22 heavy (non-hydrogen) atoms. The smallest absolute Gasteiger partial charge is 0.223 e. The summed E-state index contributed by atoms with van der Waals surface area (Å²) in [6, 6.07) is 7.76. The Bertz CT molecular complexity index is 529. The second kappa shape index (κ2) is 6.99. The molecule has 2 atom stereocenters. The van der Waals surface area contributed by atoms with Gasteiger partial charge in [0.25, 0.3) is 0 Å². The summed E-state index contributed by atoms with van der Waals surface area (Å²) in [4.78, 5) is 12.3. The van der Waals surface area contributed by atoms with Crippen LogP contribution in [0.5, 0.6) is 0 Å². The van der Waals surface area contributed by atoms with E-state index in [4.69, 9.17) is 0 Å². The molecule has 1 aliphatic heterocycles. The summed E-state index contributed by atoms with van der Waals surface area (Å²) in [6.07, 6.45) is 2.59. The van der Waals surface area contributed by atoms with Crippen molar-refractivity contribution in [3.63, 3.8) is 0 Å². The van der Waals surface area contributed by atoms with E-state index in [1.807, 2.05) is 31.2 Å². The molecule has 1 aliphatic carbocycles. The van der Waals surface area contributed by atoms with Crippen LogP contribution in [0.2, 0.25) is 0 Å². The molecule has 2 aliphatic rings. The quantitative estimate of drug-likeness (QED) is 0.793. The van der Waals surface area contributed by atoms with Crippen LogP contribution >= 0.6 is 12.4 Å². The summed E-state index contributed by atoms with van der Waals surface area (Å²) in [7, 11) is 0. The van der Waals surface area contributed by atoms with Gasteiger partial charge in [-0.2, -0.15) is 0 Å². The molecule has 3 rings (SSSR count). The Morgan fingerprint density at radius 2 is 2.09 bits per heavy atom. The first-order chi connectivity index (χ1) is 10.1. The van der Waals surface area contributed by atoms with Gasteiger partial charge in [0, 0.05) is 12.5 Å². The molecule has 5 heteroatoms. The number of amides is 1. The maximum atomic E-state index is 12.3. The van der Waals surface area contributed by atoms with Crippen LogP contribution in [0.1, 0.15) is 36.5 Å². The highest BCUT2D eigenvalue weighted by Gasteiger charge is 2.57. The minimum Gasteiger partial charge on any atom is -0.387 e. The van der Waals surface area contributed by atoms with Crippen LogP contribution < -0.4 is 10.6 Å². The third-order valence-corrected chi connectivity index (χ3v) is 5.12. The molecule has 1 spiro atoms. The van der Waals surface area contributed by atoms with Gasteiger partial charge in [0.2, 0.25) is 5.91 Å². The largest absolute Gasteiger partial charge is 0.387 e. The lowest BCUT2D eigenvalue weighted by Crippen LogP contribution is -2.35. The minimum atomic E-state index is -0.627. The molecule has 4 nitrogen and oxygen atoms in total. The lowest BCUT2D eigenvalue weighted by atomic mass is 9.91. The number of aryl methyl sites for hydroxylation is 1. The molecular weight excluding hydrogens is 300 g/mol. The number of halogens is 1. The van der Waals surface area contributed by atoms with E-state index in [1.54, 1.807) is 0 Å². The number of nitrogens with one attached hydrogen (secondary N) is 2. The van der Waals surface area contributed by atoms with Crippen LogP contribution in [0, 0.1) is 18.3 Å². The Morgan fingerprint density at radius 1 is 1.41 bits per heavy atom. The highest BCUT2D eigenvalue weighted by Crippen LogP contribution is 2.58. The van der Waals surface area contributed by atoms with E-state index in [9.17, 15) is 9.90 Å². The zero-order chi connectivity index (χ0) is 14.9. The summed E-state index contributed by atoms with van der Waals surface area (Å²) < 4.78 is 0. The van der Waals surface area contributed by atoms with E-state index in [2.05, 4.69) is 10.6 Å². The summed E-state index contributed by atoms with van der Waals surface area (Å²) in [5.41, 5.74) is 2.20. The summed E-state index contributed by atoms with van der Waals surface area (Å²) in [6.45, 7) is 4.32. The molecule has 122 valence electrons. The summed E-state index contributed by atoms with van der Waals surface area (Å²) in [5.74, 6) is 0.271. The van der Waals surface area contributed by atoms with E-state index in [0.29, 0.717) is 6.54 Å². The first-order valence-electron chi connectivity index (χ1n) is 7.84. The van der Waals surface area contributed by atoms with Crippen LogP contribution in [0.15, 0.2) is 24.3 Å². The zero-order valence-electron chi connectivity index (χ0n) is 13.0. The number of aliphatic hydroxyl groups is 1. The van der Waals surface area contributed by atoms with Crippen molar-refractivity contribution in [2.45, 2.75) is 32.3 Å². The van der Waals surface area contributed by atoms with Gasteiger partial charge in [-0.15, -0.1) is 12.4 Å². The second-order valence-corrected chi connectivity index (χ2v) is 6.49. The van der Waals surface area contributed by atoms with Crippen LogP contribution in [0.4, 0.5) is 0 Å². The first-order valence-corrected chi connectivity index (χ1v) is 7.84. The van der Waals surface area contributed by atoms with Crippen molar-refractivity contribution in [2.75, 3.05) is 19.6 Å². The molecule has 0 radical (unpaired) electrons. The maximum absolute atomic E-state index is 12.3. The van der Waals surface area contributed by atoms with E-state index >= 15 is 0 Å². The third kappa shape index (κ3) is 3.45. The Kier molecular flexibility index (Phi) is 5.48. The molecule has 2 fully saturated rings. The Balaban J connectivity index is 0.00000176. The second-order valence-electron chi connectivity index (χ2n) is 6.49. The molecule has 1 amide bonds. The van der Waals surface area contributed by atoms with Crippen molar-refractivity contribution in [3.05, 3.63) is 35.4 Å². The number of benzene rings is 1. The van der Waals surface area contributed by atoms with Crippen molar-refractivity contribution in [1.82, 2.24) is 10.6 Å². The van der Waals surface area contributed by atoms with Crippen molar-refractivity contribution >= 4 is 18.3 Å². The fourth-order valence-electron chi connectivity index (χ4n) is 3.59. The van der Waals surface area contributed by atoms with E-state index in [0.717, 1.165) is 43.5 Å². The van der Waals surface area contributed by atoms with Crippen LogP contribution in [-0.2, 0) is 4.79 Å². The average Bonchev–Trinajstić information content (AvgIpc) is 3.19. The molecule has 1 aromatic carbocycles. The third-order valence-electron chi connectivity index (χ3n) is 5.12. The van der Waals surface area contributed by atoms with Crippen LogP contribution in [0.3, 0.4) is 0 Å². The Morgan fingerprint density at radius 3 is 2.77 bits per heavy atom. The predicted octanol–water partition coefficient (Wildman–Crippen LogP) is 1.96. The van der Waals surface area contributed by atoms with Gasteiger partial charge in [-0.1, -0.05) is 24.3 Å². The Labute approximate surface area is 138 Å². The monoisotopic (exact) mass is 324 g/mol. The van der Waals surface area contributed by atoms with Crippen LogP contribution in [0.25, 0.3) is 0 Å². The first kappa shape index (κ1) is 17.3. The molecule has 0 bridgehead atoms. The van der Waals surface area contributed by atoms with Crippen molar-refractivity contribution < 1.29 is 9.90 Å². The fraction of sp³-hybridized carbons (Fsp3) is 0.588. The predicted molar refractivity (Wildman–Crippen MR) is 89.0 cm³/mol. The van der Waals surface area contributed by atoms with Gasteiger partial charge in [0.05, 0.1) is 6.10 Å². The number of hydrogen-bond donors (Lipinski definition) is 3. The molecule has 2 unspecified atom stereocenters. The van der Waals surface area contributed by atoms with Crippen molar-refractivity contribution in [3.8, 4) is 0 Å². The molecule has 0 aromatic heterocycles. The summed E-state index contributed by atoms with van der Waals surface area (Å²) >= 11 is 0. The van der Waals surface area contributed by atoms with Gasteiger partial charge in [0.1, 0.15) is 0 Å². The topological polar surface area (TPSA) is 61.4 Å². The highest BCUT2D eigenvalue weighted by molar-refractivity contribution is 5.85. The van der Waals surface area contributed by atoms with Gasteiger partial charge in [0.15, 0.2) is 0 Å². The SMILES string of the molecule is Cc1ccccc1C(O)CNC(=O)C1CC12CCNCC2.Cl. The van der Waals surface area contributed by atoms with Crippen molar-refractivity contribution in [2.24, 2.45) is 11.3 Å². The number of aliphatic hydroxyl groups excluding tert-OH is 1. The lowest BCUT2D eigenvalue weighted by molar-refractivity contribution is -0.123. The highest BCUT2D eigenvalue weighted by atomic mass is 35.5. The normalized spacial score (nSPS) is 23.5. The fourth-order valence-corrected chi connectivity index (χ4v) is 3.59. The molecule has 1 saturated carbocycles. The van der Waals surface area contributed by atoms with Gasteiger partial charge in [-0.25, -0.2) is 0 Å². The van der Waals surface area contributed by atoms with Crippen LogP contribution in [-0.4, -0.2) is 30.6 Å². The van der Waals surface area contributed by atoms with Gasteiger partial charge < -0.3 is 15.7 Å². The molecule has 1 aromatic rings. The average molecular weight is 325 g/mol. The molecular formula is C17H25ClN2O2. The molecule has 3 N–H and O–H groups in total. The molecule has 1 heterocycles. The van der Waals surface area contributed by atoms with Gasteiger partial charge in [-0.3, -0.25) is 4.79 Å². The zero-order valence-corrected chi connectivity index (χ0v) is 13.8. The Hall–Kier alpha value is -1.10. The summed E-state index contributed by atoms with van der Waals surface area (Å²) in [5, 5.41) is 16.5.